The van der Waals surface area contributed by atoms with Gasteiger partial charge in [-0.2, -0.15) is 0 Å². The lowest BCUT2D eigenvalue weighted by Crippen LogP contribution is -2.19. The molecular formula is C16H24N4O. The van der Waals surface area contributed by atoms with Gasteiger partial charge in [-0.3, -0.25) is 4.79 Å². The van der Waals surface area contributed by atoms with E-state index in [4.69, 9.17) is 0 Å². The number of para-hydroxylation sites is 1. The molecule has 5 heteroatoms. The zero-order valence-electron chi connectivity index (χ0n) is 13.4. The van der Waals surface area contributed by atoms with E-state index < -0.39 is 0 Å². The summed E-state index contributed by atoms with van der Waals surface area (Å²) in [4.78, 5) is 11.9. The van der Waals surface area contributed by atoms with Gasteiger partial charge in [0, 0.05) is 12.1 Å². The minimum Gasteiger partial charge on any atom is -0.326 e. The smallest absolute Gasteiger partial charge is 0.226 e. The first-order valence-electron chi connectivity index (χ1n) is 7.31. The highest BCUT2D eigenvalue weighted by Gasteiger charge is 2.15. The zero-order chi connectivity index (χ0) is 15.8. The number of aromatic nitrogens is 3. The topological polar surface area (TPSA) is 59.8 Å². The molecule has 1 heterocycles. The van der Waals surface area contributed by atoms with Crippen molar-refractivity contribution >= 4 is 11.6 Å². The first kappa shape index (κ1) is 16.9. The first-order valence-corrected chi connectivity index (χ1v) is 7.31. The van der Waals surface area contributed by atoms with Crippen LogP contribution in [0.4, 0.5) is 5.69 Å². The lowest BCUT2D eigenvalue weighted by Gasteiger charge is -2.13. The number of hydrogen-bond donors (Lipinski definition) is 1. The Bertz CT molecular complexity index is 563. The fourth-order valence-corrected chi connectivity index (χ4v) is 1.93. The maximum absolute atomic E-state index is 11.9. The minimum atomic E-state index is -0.0220. The lowest BCUT2D eigenvalue weighted by atomic mass is 10.2. The van der Waals surface area contributed by atoms with Crippen LogP contribution in [0, 0.1) is 13.8 Å². The second-order valence-electron chi connectivity index (χ2n) is 4.67. The van der Waals surface area contributed by atoms with Gasteiger partial charge in [0.1, 0.15) is 0 Å². The molecule has 0 bridgehead atoms. The fraction of sp³-hybridized carbons (Fsp3) is 0.438. The lowest BCUT2D eigenvalue weighted by molar-refractivity contribution is -0.116. The normalized spacial score (nSPS) is 11.3. The van der Waals surface area contributed by atoms with E-state index in [-0.39, 0.29) is 11.9 Å². The van der Waals surface area contributed by atoms with Crippen molar-refractivity contribution in [2.45, 2.75) is 47.1 Å². The maximum Gasteiger partial charge on any atom is 0.226 e. The molecule has 1 aromatic carbocycles. The average Bonchev–Trinajstić information content (AvgIpc) is 2.82. The highest BCUT2D eigenvalue weighted by molar-refractivity contribution is 5.90. The van der Waals surface area contributed by atoms with E-state index in [2.05, 4.69) is 15.6 Å². The summed E-state index contributed by atoms with van der Waals surface area (Å²) in [6.07, 6.45) is 0.374. The van der Waals surface area contributed by atoms with Crippen LogP contribution in [0.15, 0.2) is 30.3 Å². The minimum absolute atomic E-state index is 0.00934. The summed E-state index contributed by atoms with van der Waals surface area (Å²) in [5.74, 6) is -0.0220. The summed E-state index contributed by atoms with van der Waals surface area (Å²) in [5, 5.41) is 10.9. The second-order valence-corrected chi connectivity index (χ2v) is 4.67. The van der Waals surface area contributed by atoms with Gasteiger partial charge in [0.2, 0.25) is 5.91 Å². The van der Waals surface area contributed by atoms with Crippen LogP contribution < -0.4 is 5.32 Å². The molecule has 0 unspecified atom stereocenters. The molecule has 0 radical (unpaired) electrons. The summed E-state index contributed by atoms with van der Waals surface area (Å²) in [6.45, 7) is 9.84. The summed E-state index contributed by atoms with van der Waals surface area (Å²) in [5.41, 5.74) is 2.71. The predicted octanol–water partition coefficient (Wildman–Crippen LogP) is 3.51. The van der Waals surface area contributed by atoms with Crippen LogP contribution in [0.25, 0.3) is 0 Å². The standard InChI is InChI=1S/C14H18N4O.C2H6/c1-10(18-12(3)11(2)16-17-18)9-14(19)15-13-7-5-4-6-8-13;1-2/h4-8,10H,9H2,1-3H3,(H,15,19);1-2H3/t10-;/m1./s1. The number of amides is 1. The largest absolute Gasteiger partial charge is 0.326 e. The molecule has 21 heavy (non-hydrogen) atoms. The van der Waals surface area contributed by atoms with Crippen LogP contribution in [0.1, 0.15) is 44.6 Å². The number of benzene rings is 1. The molecule has 0 aliphatic rings. The number of rotatable bonds is 4. The van der Waals surface area contributed by atoms with Gasteiger partial charge in [0.25, 0.3) is 0 Å². The van der Waals surface area contributed by atoms with Gasteiger partial charge in [-0.05, 0) is 32.9 Å². The summed E-state index contributed by atoms with van der Waals surface area (Å²) < 4.78 is 1.79. The average molecular weight is 288 g/mol. The third-order valence-electron chi connectivity index (χ3n) is 3.11. The molecule has 2 rings (SSSR count). The third-order valence-corrected chi connectivity index (χ3v) is 3.11. The molecule has 2 aromatic rings. The molecule has 0 saturated heterocycles. The van der Waals surface area contributed by atoms with Crippen molar-refractivity contribution in [1.82, 2.24) is 15.0 Å². The Morgan fingerprint density at radius 1 is 1.24 bits per heavy atom. The number of nitrogens with one attached hydrogen (secondary N) is 1. The van der Waals surface area contributed by atoms with Crippen molar-refractivity contribution in [3.8, 4) is 0 Å². The van der Waals surface area contributed by atoms with Crippen molar-refractivity contribution in [3.05, 3.63) is 41.7 Å². The molecule has 1 aromatic heterocycles. The van der Waals surface area contributed by atoms with Crippen molar-refractivity contribution in [2.24, 2.45) is 0 Å². The van der Waals surface area contributed by atoms with Crippen LogP contribution in [0.5, 0.6) is 0 Å². The number of aryl methyl sites for hydroxylation is 1. The summed E-state index contributed by atoms with van der Waals surface area (Å²) in [6, 6.07) is 9.43. The van der Waals surface area contributed by atoms with Gasteiger partial charge >= 0.3 is 0 Å². The first-order chi connectivity index (χ1) is 10.1. The van der Waals surface area contributed by atoms with Crippen LogP contribution in [-0.4, -0.2) is 20.9 Å². The molecular weight excluding hydrogens is 264 g/mol. The van der Waals surface area contributed by atoms with E-state index in [1.54, 1.807) is 4.68 Å². The number of hydrogen-bond acceptors (Lipinski definition) is 3. The molecule has 0 aliphatic carbocycles. The molecule has 0 saturated carbocycles. The number of carbonyl (C=O) groups excluding carboxylic acids is 1. The molecule has 0 aliphatic heterocycles. The van der Waals surface area contributed by atoms with Crippen molar-refractivity contribution in [3.63, 3.8) is 0 Å². The van der Waals surface area contributed by atoms with Crippen LogP contribution in [0.2, 0.25) is 0 Å². The molecule has 1 N–H and O–H groups in total. The third kappa shape index (κ3) is 4.70. The van der Waals surface area contributed by atoms with E-state index in [1.165, 1.54) is 0 Å². The number of nitrogens with zero attached hydrogens (tertiary/aromatic N) is 3. The molecule has 114 valence electrons. The summed E-state index contributed by atoms with van der Waals surface area (Å²) >= 11 is 0. The van der Waals surface area contributed by atoms with E-state index in [0.717, 1.165) is 17.1 Å². The van der Waals surface area contributed by atoms with Gasteiger partial charge in [-0.25, -0.2) is 4.68 Å². The Labute approximate surface area is 126 Å². The monoisotopic (exact) mass is 288 g/mol. The van der Waals surface area contributed by atoms with Gasteiger partial charge in [-0.15, -0.1) is 5.10 Å². The predicted molar refractivity (Wildman–Crippen MR) is 85.2 cm³/mol. The Kier molecular flexibility index (Phi) is 6.59. The molecule has 5 nitrogen and oxygen atoms in total. The van der Waals surface area contributed by atoms with Crippen molar-refractivity contribution < 1.29 is 4.79 Å². The second kappa shape index (κ2) is 8.19. The van der Waals surface area contributed by atoms with Crippen LogP contribution >= 0.6 is 0 Å². The molecule has 0 fully saturated rings. The van der Waals surface area contributed by atoms with E-state index in [0.29, 0.717) is 6.42 Å². The number of anilines is 1. The number of carbonyl (C=O) groups is 1. The van der Waals surface area contributed by atoms with Crippen molar-refractivity contribution in [2.75, 3.05) is 5.32 Å². The Hall–Kier alpha value is -2.17. The summed E-state index contributed by atoms with van der Waals surface area (Å²) in [7, 11) is 0. The van der Waals surface area contributed by atoms with E-state index in [9.17, 15) is 4.79 Å². The zero-order valence-corrected chi connectivity index (χ0v) is 13.4. The van der Waals surface area contributed by atoms with Crippen LogP contribution in [-0.2, 0) is 4.79 Å². The van der Waals surface area contributed by atoms with E-state index >= 15 is 0 Å². The SMILES string of the molecule is CC.Cc1nnn([C@H](C)CC(=O)Nc2ccccc2)c1C. The molecule has 1 amide bonds. The Morgan fingerprint density at radius 3 is 2.38 bits per heavy atom. The van der Waals surface area contributed by atoms with Crippen molar-refractivity contribution in [1.29, 1.82) is 0 Å². The molecule has 1 atom stereocenters. The van der Waals surface area contributed by atoms with Gasteiger partial charge in [0.15, 0.2) is 0 Å². The highest BCUT2D eigenvalue weighted by Crippen LogP contribution is 2.15. The van der Waals surface area contributed by atoms with Crippen LogP contribution in [0.3, 0.4) is 0 Å². The molecule has 0 spiro atoms. The Morgan fingerprint density at radius 2 is 1.86 bits per heavy atom. The fourth-order valence-electron chi connectivity index (χ4n) is 1.93. The maximum atomic E-state index is 11.9. The highest BCUT2D eigenvalue weighted by atomic mass is 16.1. The van der Waals surface area contributed by atoms with E-state index in [1.807, 2.05) is 65.0 Å². The van der Waals surface area contributed by atoms with Gasteiger partial charge in [-0.1, -0.05) is 37.3 Å². The Balaban J connectivity index is 0.00000106. The van der Waals surface area contributed by atoms with Gasteiger partial charge in [0.05, 0.1) is 17.4 Å². The van der Waals surface area contributed by atoms with Gasteiger partial charge < -0.3 is 5.32 Å². The quantitative estimate of drug-likeness (QED) is 0.936.